The van der Waals surface area contributed by atoms with Crippen molar-refractivity contribution < 1.29 is 4.42 Å². The Kier molecular flexibility index (Phi) is 4.02. The Hall–Kier alpha value is -3.75. The van der Waals surface area contributed by atoms with E-state index in [1.54, 1.807) is 24.5 Å². The van der Waals surface area contributed by atoms with Crippen molar-refractivity contribution in [3.63, 3.8) is 0 Å². The zero-order chi connectivity index (χ0) is 17.9. The molecule has 0 aliphatic carbocycles. The maximum absolute atomic E-state index is 12.6. The van der Waals surface area contributed by atoms with Crippen LogP contribution in [0.2, 0.25) is 0 Å². The third-order valence-corrected chi connectivity index (χ3v) is 3.83. The number of aromatic nitrogens is 5. The summed E-state index contributed by atoms with van der Waals surface area (Å²) in [5, 5.41) is 3.27. The molecule has 2 N–H and O–H groups in total. The summed E-state index contributed by atoms with van der Waals surface area (Å²) in [4.78, 5) is 39.8. The normalized spacial score (nSPS) is 10.9. The molecule has 0 aliphatic rings. The van der Waals surface area contributed by atoms with E-state index in [0.29, 0.717) is 18.3 Å². The smallest absolute Gasteiger partial charge is 0.330 e. The van der Waals surface area contributed by atoms with Crippen LogP contribution in [0.25, 0.3) is 11.0 Å². The Morgan fingerprint density at radius 3 is 2.81 bits per heavy atom. The summed E-state index contributed by atoms with van der Waals surface area (Å²) in [6.45, 7) is 0.535. The summed E-state index contributed by atoms with van der Waals surface area (Å²) in [6.07, 6.45) is 6.27. The Labute approximate surface area is 146 Å². The van der Waals surface area contributed by atoms with Crippen LogP contribution in [0.15, 0.2) is 63.1 Å². The van der Waals surface area contributed by atoms with Crippen LogP contribution >= 0.6 is 0 Å². The Morgan fingerprint density at radius 1 is 1.19 bits per heavy atom. The fraction of sp³-hybridized carbons (Fsp3) is 0.118. The second-order valence-corrected chi connectivity index (χ2v) is 5.57. The van der Waals surface area contributed by atoms with Gasteiger partial charge < -0.3 is 9.73 Å². The molecule has 9 heteroatoms. The predicted molar refractivity (Wildman–Crippen MR) is 93.8 cm³/mol. The standard InChI is InChI=1S/C17H14N6O3/c24-15-13-9-20-16(19-8-11-3-5-18-6-4-11)21-14(13)22-17(25)23(15)10-12-2-1-7-26-12/h1-7,9H,8,10H2,(H2,19,20,21,22,25). The van der Waals surface area contributed by atoms with Crippen molar-refractivity contribution in [1.82, 2.24) is 24.5 Å². The van der Waals surface area contributed by atoms with Gasteiger partial charge in [0.2, 0.25) is 5.95 Å². The number of nitrogens with one attached hydrogen (secondary N) is 2. The van der Waals surface area contributed by atoms with Crippen LogP contribution in [-0.2, 0) is 13.1 Å². The van der Waals surface area contributed by atoms with Crippen molar-refractivity contribution in [2.24, 2.45) is 0 Å². The van der Waals surface area contributed by atoms with Crippen molar-refractivity contribution in [2.45, 2.75) is 13.1 Å². The van der Waals surface area contributed by atoms with Gasteiger partial charge in [0.1, 0.15) is 11.1 Å². The Bertz CT molecular complexity index is 1150. The summed E-state index contributed by atoms with van der Waals surface area (Å²) >= 11 is 0. The summed E-state index contributed by atoms with van der Waals surface area (Å²) < 4.78 is 6.24. The highest BCUT2D eigenvalue weighted by atomic mass is 16.3. The fourth-order valence-electron chi connectivity index (χ4n) is 2.51. The van der Waals surface area contributed by atoms with Crippen LogP contribution in [0.3, 0.4) is 0 Å². The van der Waals surface area contributed by atoms with E-state index in [9.17, 15) is 9.59 Å². The number of hydrogen-bond donors (Lipinski definition) is 2. The van der Waals surface area contributed by atoms with Crippen LogP contribution < -0.4 is 16.6 Å². The van der Waals surface area contributed by atoms with Gasteiger partial charge in [-0.2, -0.15) is 4.98 Å². The number of aromatic amines is 1. The molecule has 0 aliphatic heterocycles. The van der Waals surface area contributed by atoms with Gasteiger partial charge in [0, 0.05) is 25.1 Å². The summed E-state index contributed by atoms with van der Waals surface area (Å²) in [5.74, 6) is 0.821. The van der Waals surface area contributed by atoms with Crippen LogP contribution in [0, 0.1) is 0 Å². The van der Waals surface area contributed by atoms with E-state index < -0.39 is 11.2 Å². The molecule has 0 amide bonds. The van der Waals surface area contributed by atoms with Gasteiger partial charge in [0.05, 0.1) is 12.8 Å². The van der Waals surface area contributed by atoms with Crippen LogP contribution in [0.1, 0.15) is 11.3 Å². The molecular formula is C17H14N6O3. The quantitative estimate of drug-likeness (QED) is 0.554. The number of nitrogens with zero attached hydrogens (tertiary/aromatic N) is 4. The lowest BCUT2D eigenvalue weighted by Crippen LogP contribution is -2.35. The number of hydrogen-bond acceptors (Lipinski definition) is 7. The first-order valence-corrected chi connectivity index (χ1v) is 7.86. The van der Waals surface area contributed by atoms with E-state index in [-0.39, 0.29) is 17.6 Å². The number of furan rings is 1. The zero-order valence-corrected chi connectivity index (χ0v) is 13.5. The average Bonchev–Trinajstić information content (AvgIpc) is 3.17. The van der Waals surface area contributed by atoms with Gasteiger partial charge in [0.25, 0.3) is 5.56 Å². The van der Waals surface area contributed by atoms with Crippen molar-refractivity contribution in [3.8, 4) is 0 Å². The van der Waals surface area contributed by atoms with Crippen molar-refractivity contribution in [3.05, 3.63) is 81.3 Å². The Morgan fingerprint density at radius 2 is 2.04 bits per heavy atom. The molecule has 26 heavy (non-hydrogen) atoms. The third-order valence-electron chi connectivity index (χ3n) is 3.83. The molecule has 4 aromatic rings. The summed E-state index contributed by atoms with van der Waals surface area (Å²) in [6, 6.07) is 7.12. The second kappa shape index (κ2) is 6.63. The van der Waals surface area contributed by atoms with Crippen LogP contribution in [-0.4, -0.2) is 24.5 Å². The van der Waals surface area contributed by atoms with Crippen molar-refractivity contribution >= 4 is 17.0 Å². The van der Waals surface area contributed by atoms with E-state index in [1.807, 2.05) is 12.1 Å². The molecule has 4 heterocycles. The molecule has 130 valence electrons. The minimum Gasteiger partial charge on any atom is -0.467 e. The lowest BCUT2D eigenvalue weighted by molar-refractivity contribution is 0.484. The van der Waals surface area contributed by atoms with Gasteiger partial charge in [-0.3, -0.25) is 19.3 Å². The minimum atomic E-state index is -0.558. The van der Waals surface area contributed by atoms with Gasteiger partial charge in [-0.1, -0.05) is 0 Å². The molecule has 0 bridgehead atoms. The zero-order valence-electron chi connectivity index (χ0n) is 13.5. The number of anilines is 1. The first-order chi connectivity index (χ1) is 12.7. The number of pyridine rings is 1. The second-order valence-electron chi connectivity index (χ2n) is 5.57. The minimum absolute atomic E-state index is 0.0408. The molecule has 9 nitrogen and oxygen atoms in total. The monoisotopic (exact) mass is 350 g/mol. The van der Waals surface area contributed by atoms with Gasteiger partial charge in [0.15, 0.2) is 5.65 Å². The van der Waals surface area contributed by atoms with E-state index in [0.717, 1.165) is 10.1 Å². The van der Waals surface area contributed by atoms with E-state index in [2.05, 4.69) is 25.3 Å². The highest BCUT2D eigenvalue weighted by Gasteiger charge is 2.11. The van der Waals surface area contributed by atoms with Gasteiger partial charge in [-0.25, -0.2) is 9.78 Å². The molecule has 0 radical (unpaired) electrons. The summed E-state index contributed by atoms with van der Waals surface area (Å²) in [5.41, 5.74) is 0.160. The molecule has 0 saturated heterocycles. The molecule has 0 aromatic carbocycles. The number of rotatable bonds is 5. The highest BCUT2D eigenvalue weighted by Crippen LogP contribution is 2.07. The average molecular weight is 350 g/mol. The highest BCUT2D eigenvalue weighted by molar-refractivity contribution is 5.73. The molecule has 0 unspecified atom stereocenters. The van der Waals surface area contributed by atoms with Crippen LogP contribution in [0.5, 0.6) is 0 Å². The third kappa shape index (κ3) is 3.09. The van der Waals surface area contributed by atoms with Gasteiger partial charge in [-0.05, 0) is 29.8 Å². The lowest BCUT2D eigenvalue weighted by atomic mass is 10.3. The van der Waals surface area contributed by atoms with Crippen molar-refractivity contribution in [1.29, 1.82) is 0 Å². The van der Waals surface area contributed by atoms with Gasteiger partial charge >= 0.3 is 5.69 Å². The molecule has 0 fully saturated rings. The predicted octanol–water partition coefficient (Wildman–Crippen LogP) is 1.13. The lowest BCUT2D eigenvalue weighted by Gasteiger charge is -2.07. The van der Waals surface area contributed by atoms with E-state index in [4.69, 9.17) is 4.42 Å². The first kappa shape index (κ1) is 15.8. The molecular weight excluding hydrogens is 336 g/mol. The molecule has 4 aromatic heterocycles. The molecule has 0 spiro atoms. The topological polar surface area (TPSA) is 119 Å². The maximum atomic E-state index is 12.6. The SMILES string of the molecule is O=c1[nH]c2nc(NCc3ccncc3)ncc2c(=O)n1Cc1ccco1. The van der Waals surface area contributed by atoms with E-state index in [1.165, 1.54) is 12.5 Å². The summed E-state index contributed by atoms with van der Waals surface area (Å²) in [7, 11) is 0. The molecule has 0 saturated carbocycles. The fourth-order valence-corrected chi connectivity index (χ4v) is 2.51. The van der Waals surface area contributed by atoms with Crippen LogP contribution in [0.4, 0.5) is 5.95 Å². The largest absolute Gasteiger partial charge is 0.467 e. The maximum Gasteiger partial charge on any atom is 0.330 e. The van der Waals surface area contributed by atoms with Gasteiger partial charge in [-0.15, -0.1) is 0 Å². The van der Waals surface area contributed by atoms with Crippen molar-refractivity contribution in [2.75, 3.05) is 5.32 Å². The number of fused-ring (bicyclic) bond motifs is 1. The first-order valence-electron chi connectivity index (χ1n) is 7.86. The molecule has 4 rings (SSSR count). The molecule has 0 atom stereocenters. The van der Waals surface area contributed by atoms with E-state index >= 15 is 0 Å². The Balaban J connectivity index is 1.64. The number of H-pyrrole nitrogens is 1.